The molecule has 4 heteroatoms. The van der Waals surface area contributed by atoms with Crippen molar-refractivity contribution in [2.24, 2.45) is 5.84 Å². The molecule has 0 aliphatic rings. The predicted octanol–water partition coefficient (Wildman–Crippen LogP) is 1.97. The van der Waals surface area contributed by atoms with Crippen LogP contribution in [-0.4, -0.2) is 9.97 Å². The summed E-state index contributed by atoms with van der Waals surface area (Å²) in [7, 11) is 0. The minimum Gasteiger partial charge on any atom is -0.323 e. The number of nitrogen functional groups attached to an aromatic ring is 1. The van der Waals surface area contributed by atoms with Crippen molar-refractivity contribution in [3.05, 3.63) is 23.8 Å². The molecule has 0 radical (unpaired) electrons. The Morgan fingerprint density at radius 3 is 2.86 bits per heavy atom. The number of aromatic amines is 1. The Bertz CT molecular complexity index is 444. The third-order valence-electron chi connectivity index (χ3n) is 2.31. The number of rotatable bonds is 2. The van der Waals surface area contributed by atoms with Gasteiger partial charge in [0.1, 0.15) is 0 Å². The highest BCUT2D eigenvalue weighted by atomic mass is 15.3. The quantitative estimate of drug-likeness (QED) is 0.501. The molecule has 0 atom stereocenters. The summed E-state index contributed by atoms with van der Waals surface area (Å²) in [6.45, 7) is 4.33. The molecule has 0 unspecified atom stereocenters. The summed E-state index contributed by atoms with van der Waals surface area (Å²) < 4.78 is 0. The van der Waals surface area contributed by atoms with Crippen LogP contribution in [0.5, 0.6) is 0 Å². The van der Waals surface area contributed by atoms with Gasteiger partial charge in [-0.25, -0.2) is 10.8 Å². The van der Waals surface area contributed by atoms with Gasteiger partial charge in [-0.1, -0.05) is 19.9 Å². The van der Waals surface area contributed by atoms with E-state index < -0.39 is 0 Å². The summed E-state index contributed by atoms with van der Waals surface area (Å²) >= 11 is 0. The standard InChI is InChI=1S/C10H14N4/c1-6(2)7-3-4-8-9(5-7)13-10(12-8)14-11/h3-6H,11H2,1-2H3,(H2,12,13,14). The van der Waals surface area contributed by atoms with Crippen LogP contribution in [0.25, 0.3) is 11.0 Å². The highest BCUT2D eigenvalue weighted by Gasteiger charge is 2.04. The van der Waals surface area contributed by atoms with Crippen molar-refractivity contribution < 1.29 is 0 Å². The highest BCUT2D eigenvalue weighted by Crippen LogP contribution is 2.20. The number of H-pyrrole nitrogens is 1. The smallest absolute Gasteiger partial charge is 0.215 e. The number of hydrazine groups is 1. The minimum atomic E-state index is 0.525. The van der Waals surface area contributed by atoms with E-state index in [1.807, 2.05) is 6.07 Å². The Balaban J connectivity index is 2.54. The molecule has 0 aliphatic heterocycles. The Labute approximate surface area is 82.5 Å². The van der Waals surface area contributed by atoms with E-state index >= 15 is 0 Å². The maximum absolute atomic E-state index is 5.27. The first-order chi connectivity index (χ1) is 6.70. The molecule has 0 spiro atoms. The summed E-state index contributed by atoms with van der Waals surface area (Å²) in [6.07, 6.45) is 0. The van der Waals surface area contributed by atoms with E-state index in [0.717, 1.165) is 11.0 Å². The van der Waals surface area contributed by atoms with Gasteiger partial charge in [0.2, 0.25) is 5.95 Å². The number of nitrogens with two attached hydrogens (primary N) is 1. The van der Waals surface area contributed by atoms with Gasteiger partial charge in [-0.15, -0.1) is 0 Å². The first kappa shape index (κ1) is 9.02. The summed E-state index contributed by atoms with van der Waals surface area (Å²) in [5.74, 6) is 6.39. The molecule has 1 heterocycles. The van der Waals surface area contributed by atoms with E-state index in [4.69, 9.17) is 5.84 Å². The van der Waals surface area contributed by atoms with Crippen molar-refractivity contribution in [1.82, 2.24) is 9.97 Å². The molecular formula is C10H14N4. The van der Waals surface area contributed by atoms with E-state index in [9.17, 15) is 0 Å². The zero-order valence-electron chi connectivity index (χ0n) is 8.33. The minimum absolute atomic E-state index is 0.525. The number of imidazole rings is 1. The monoisotopic (exact) mass is 190 g/mol. The molecule has 0 fully saturated rings. The number of nitrogens with zero attached hydrogens (tertiary/aromatic N) is 1. The summed E-state index contributed by atoms with van der Waals surface area (Å²) in [6, 6.07) is 6.20. The first-order valence-electron chi connectivity index (χ1n) is 4.67. The van der Waals surface area contributed by atoms with Crippen LogP contribution in [0.2, 0.25) is 0 Å². The Hall–Kier alpha value is -1.55. The van der Waals surface area contributed by atoms with Crippen molar-refractivity contribution in [2.45, 2.75) is 19.8 Å². The lowest BCUT2D eigenvalue weighted by atomic mass is 10.0. The van der Waals surface area contributed by atoms with Gasteiger partial charge in [-0.05, 0) is 23.6 Å². The van der Waals surface area contributed by atoms with Gasteiger partial charge in [-0.3, -0.25) is 5.43 Å². The predicted molar refractivity (Wildman–Crippen MR) is 58.0 cm³/mol. The van der Waals surface area contributed by atoms with Crippen LogP contribution in [-0.2, 0) is 0 Å². The largest absolute Gasteiger partial charge is 0.323 e. The van der Waals surface area contributed by atoms with Crippen molar-refractivity contribution in [2.75, 3.05) is 5.43 Å². The molecule has 4 nitrogen and oxygen atoms in total. The number of hydrogen-bond acceptors (Lipinski definition) is 3. The summed E-state index contributed by atoms with van der Waals surface area (Å²) in [5.41, 5.74) is 5.74. The van der Waals surface area contributed by atoms with Gasteiger partial charge in [0.05, 0.1) is 11.0 Å². The van der Waals surface area contributed by atoms with Crippen molar-refractivity contribution >= 4 is 17.0 Å². The SMILES string of the molecule is CC(C)c1ccc2nc(NN)[nH]c2c1. The second-order valence-electron chi connectivity index (χ2n) is 3.66. The fourth-order valence-corrected chi connectivity index (χ4v) is 1.45. The lowest BCUT2D eigenvalue weighted by Crippen LogP contribution is -2.07. The molecule has 0 saturated heterocycles. The van der Waals surface area contributed by atoms with E-state index in [1.54, 1.807) is 0 Å². The fourth-order valence-electron chi connectivity index (χ4n) is 1.45. The Kier molecular flexibility index (Phi) is 2.13. The zero-order chi connectivity index (χ0) is 10.1. The van der Waals surface area contributed by atoms with Crippen LogP contribution >= 0.6 is 0 Å². The maximum Gasteiger partial charge on any atom is 0.215 e. The fraction of sp³-hybridized carbons (Fsp3) is 0.300. The molecule has 2 rings (SSSR count). The van der Waals surface area contributed by atoms with Crippen molar-refractivity contribution in [3.8, 4) is 0 Å². The summed E-state index contributed by atoms with van der Waals surface area (Å²) in [5, 5.41) is 0. The normalized spacial score (nSPS) is 11.1. The van der Waals surface area contributed by atoms with E-state index in [-0.39, 0.29) is 0 Å². The molecule has 2 aromatic rings. The van der Waals surface area contributed by atoms with Gasteiger partial charge in [0.25, 0.3) is 0 Å². The molecule has 74 valence electrons. The number of anilines is 1. The molecule has 0 bridgehead atoms. The second-order valence-corrected chi connectivity index (χ2v) is 3.66. The molecule has 14 heavy (non-hydrogen) atoms. The van der Waals surface area contributed by atoms with Crippen LogP contribution in [0.1, 0.15) is 25.3 Å². The molecule has 0 amide bonds. The Morgan fingerprint density at radius 2 is 2.21 bits per heavy atom. The molecule has 4 N–H and O–H groups in total. The third-order valence-corrected chi connectivity index (χ3v) is 2.31. The third kappa shape index (κ3) is 1.44. The average molecular weight is 190 g/mol. The van der Waals surface area contributed by atoms with Gasteiger partial charge in [0.15, 0.2) is 0 Å². The number of nitrogens with one attached hydrogen (secondary N) is 2. The van der Waals surface area contributed by atoms with Crippen LogP contribution in [0.3, 0.4) is 0 Å². The van der Waals surface area contributed by atoms with Crippen LogP contribution in [0.15, 0.2) is 18.2 Å². The maximum atomic E-state index is 5.27. The zero-order valence-corrected chi connectivity index (χ0v) is 8.33. The molecule has 0 aliphatic carbocycles. The van der Waals surface area contributed by atoms with Gasteiger partial charge in [-0.2, -0.15) is 0 Å². The first-order valence-corrected chi connectivity index (χ1v) is 4.67. The molecule has 0 saturated carbocycles. The number of aromatic nitrogens is 2. The number of hydrogen-bond donors (Lipinski definition) is 3. The van der Waals surface area contributed by atoms with Crippen LogP contribution < -0.4 is 11.3 Å². The Morgan fingerprint density at radius 1 is 1.43 bits per heavy atom. The van der Waals surface area contributed by atoms with E-state index in [0.29, 0.717) is 11.9 Å². The van der Waals surface area contributed by atoms with E-state index in [2.05, 4.69) is 41.4 Å². The van der Waals surface area contributed by atoms with Crippen molar-refractivity contribution in [3.63, 3.8) is 0 Å². The highest BCUT2D eigenvalue weighted by molar-refractivity contribution is 5.78. The van der Waals surface area contributed by atoms with Crippen LogP contribution in [0, 0.1) is 0 Å². The molecule has 1 aromatic carbocycles. The van der Waals surface area contributed by atoms with E-state index in [1.165, 1.54) is 5.56 Å². The lowest BCUT2D eigenvalue weighted by Gasteiger charge is -2.03. The van der Waals surface area contributed by atoms with Crippen LogP contribution in [0.4, 0.5) is 5.95 Å². The van der Waals surface area contributed by atoms with Gasteiger partial charge >= 0.3 is 0 Å². The lowest BCUT2D eigenvalue weighted by molar-refractivity contribution is 0.868. The summed E-state index contributed by atoms with van der Waals surface area (Å²) in [4.78, 5) is 7.33. The second kappa shape index (κ2) is 3.31. The average Bonchev–Trinajstić information content (AvgIpc) is 2.58. The van der Waals surface area contributed by atoms with Gasteiger partial charge < -0.3 is 4.98 Å². The van der Waals surface area contributed by atoms with Gasteiger partial charge in [0, 0.05) is 0 Å². The van der Waals surface area contributed by atoms with Crippen molar-refractivity contribution in [1.29, 1.82) is 0 Å². The molecule has 1 aromatic heterocycles. The number of benzene rings is 1. The molecular weight excluding hydrogens is 176 g/mol. The topological polar surface area (TPSA) is 66.7 Å². The number of fused-ring (bicyclic) bond motifs is 1.